The minimum Gasteiger partial charge on any atom is -0.319 e. The molecular weight excluding hydrogens is 177 g/mol. The maximum atomic E-state index is 13.6. The zero-order chi connectivity index (χ0) is 10.6. The predicted molar refractivity (Wildman–Crippen MR) is 58.2 cm³/mol. The first-order chi connectivity index (χ1) is 6.54. The molecule has 1 N–H and O–H groups in total. The quantitative estimate of drug-likeness (QED) is 0.778. The van der Waals surface area contributed by atoms with E-state index in [1.165, 1.54) is 5.56 Å². The lowest BCUT2D eigenvalue weighted by atomic mass is 9.97. The minimum absolute atomic E-state index is 0.756. The monoisotopic (exact) mass is 195 g/mol. The summed E-state index contributed by atoms with van der Waals surface area (Å²) in [7, 11) is 1.92. The molecule has 0 spiro atoms. The van der Waals surface area contributed by atoms with E-state index in [4.69, 9.17) is 0 Å². The van der Waals surface area contributed by atoms with Crippen LogP contribution in [0.25, 0.3) is 0 Å². The van der Waals surface area contributed by atoms with Gasteiger partial charge in [-0.15, -0.1) is 0 Å². The summed E-state index contributed by atoms with van der Waals surface area (Å²) in [4.78, 5) is 0. The fourth-order valence-corrected chi connectivity index (χ4v) is 1.37. The van der Waals surface area contributed by atoms with Crippen LogP contribution in [0.3, 0.4) is 0 Å². The molecule has 1 rings (SSSR count). The summed E-state index contributed by atoms with van der Waals surface area (Å²) in [5.74, 6) is 0. The number of halogens is 1. The largest absolute Gasteiger partial charge is 0.319 e. The average molecular weight is 195 g/mol. The molecule has 14 heavy (non-hydrogen) atoms. The van der Waals surface area contributed by atoms with Gasteiger partial charge >= 0.3 is 0 Å². The van der Waals surface area contributed by atoms with Crippen molar-refractivity contribution >= 4 is 0 Å². The Labute approximate surface area is 85.3 Å². The minimum atomic E-state index is -1.24. The molecule has 1 aromatic rings. The maximum Gasteiger partial charge on any atom is 0.130 e. The summed E-state index contributed by atoms with van der Waals surface area (Å²) in [6.07, 6.45) is 0.945. The van der Waals surface area contributed by atoms with Crippen molar-refractivity contribution in [3.8, 4) is 0 Å². The van der Waals surface area contributed by atoms with E-state index in [9.17, 15) is 4.39 Å². The smallest absolute Gasteiger partial charge is 0.130 e. The first-order valence-electron chi connectivity index (χ1n) is 4.97. The third kappa shape index (κ3) is 3.11. The van der Waals surface area contributed by atoms with Crippen LogP contribution in [0.1, 0.15) is 25.0 Å². The molecule has 0 bridgehead atoms. The molecule has 0 aliphatic carbocycles. The van der Waals surface area contributed by atoms with Crippen LogP contribution in [0.15, 0.2) is 24.3 Å². The molecular formula is C12H18FN. The van der Waals surface area contributed by atoms with Gasteiger partial charge in [0, 0.05) is 0 Å². The molecule has 0 fully saturated rings. The fourth-order valence-electron chi connectivity index (χ4n) is 1.37. The van der Waals surface area contributed by atoms with Crippen LogP contribution in [0.2, 0.25) is 0 Å². The van der Waals surface area contributed by atoms with E-state index in [0.29, 0.717) is 0 Å². The highest BCUT2D eigenvalue weighted by atomic mass is 19.1. The average Bonchev–Trinajstić information content (AvgIpc) is 2.14. The molecule has 0 aromatic heterocycles. The summed E-state index contributed by atoms with van der Waals surface area (Å²) in [5.41, 5.74) is 0.698. The standard InChI is InChI=1S/C12H18FN/c1-12(2,13)11-6-4-5-10(9-11)7-8-14-3/h4-6,9,14H,7-8H2,1-3H3. The SMILES string of the molecule is CNCCc1cccc(C(C)(C)F)c1. The van der Waals surface area contributed by atoms with E-state index in [0.717, 1.165) is 18.5 Å². The van der Waals surface area contributed by atoms with Crippen molar-refractivity contribution in [1.82, 2.24) is 5.32 Å². The van der Waals surface area contributed by atoms with Gasteiger partial charge in [0.05, 0.1) is 0 Å². The van der Waals surface area contributed by atoms with Gasteiger partial charge < -0.3 is 5.32 Å². The molecule has 1 nitrogen and oxygen atoms in total. The Kier molecular flexibility index (Phi) is 3.64. The van der Waals surface area contributed by atoms with E-state index < -0.39 is 5.67 Å². The molecule has 0 aliphatic heterocycles. The Morgan fingerprint density at radius 3 is 2.64 bits per heavy atom. The molecule has 78 valence electrons. The van der Waals surface area contributed by atoms with E-state index >= 15 is 0 Å². The van der Waals surface area contributed by atoms with Gasteiger partial charge in [0.2, 0.25) is 0 Å². The zero-order valence-corrected chi connectivity index (χ0v) is 9.10. The number of hydrogen-bond acceptors (Lipinski definition) is 1. The molecule has 0 radical (unpaired) electrons. The van der Waals surface area contributed by atoms with Crippen LogP contribution < -0.4 is 5.32 Å². The second-order valence-corrected chi connectivity index (χ2v) is 4.03. The van der Waals surface area contributed by atoms with Crippen molar-refractivity contribution in [2.24, 2.45) is 0 Å². The number of likely N-dealkylation sites (N-methyl/N-ethyl adjacent to an activating group) is 1. The maximum absolute atomic E-state index is 13.6. The first kappa shape index (κ1) is 11.2. The van der Waals surface area contributed by atoms with Crippen molar-refractivity contribution in [3.05, 3.63) is 35.4 Å². The summed E-state index contributed by atoms with van der Waals surface area (Å²) in [6, 6.07) is 7.73. The lowest BCUT2D eigenvalue weighted by Crippen LogP contribution is -2.12. The topological polar surface area (TPSA) is 12.0 Å². The van der Waals surface area contributed by atoms with Gasteiger partial charge in [0.25, 0.3) is 0 Å². The van der Waals surface area contributed by atoms with Crippen molar-refractivity contribution in [2.75, 3.05) is 13.6 Å². The molecule has 0 unspecified atom stereocenters. The van der Waals surface area contributed by atoms with Crippen molar-refractivity contribution in [3.63, 3.8) is 0 Å². The number of nitrogens with one attached hydrogen (secondary N) is 1. The Balaban J connectivity index is 2.79. The molecule has 0 amide bonds. The van der Waals surface area contributed by atoms with E-state index in [1.54, 1.807) is 13.8 Å². The number of rotatable bonds is 4. The van der Waals surface area contributed by atoms with E-state index in [1.807, 2.05) is 31.3 Å². The van der Waals surface area contributed by atoms with Crippen LogP contribution in [0, 0.1) is 0 Å². The zero-order valence-electron chi connectivity index (χ0n) is 9.10. The molecule has 0 atom stereocenters. The second-order valence-electron chi connectivity index (χ2n) is 4.03. The normalized spacial score (nSPS) is 11.7. The van der Waals surface area contributed by atoms with Crippen LogP contribution >= 0.6 is 0 Å². The Bertz CT molecular complexity index is 289. The number of alkyl halides is 1. The van der Waals surface area contributed by atoms with Gasteiger partial charge in [-0.2, -0.15) is 0 Å². The summed E-state index contributed by atoms with van der Waals surface area (Å²) in [6.45, 7) is 4.10. The van der Waals surface area contributed by atoms with Crippen molar-refractivity contribution < 1.29 is 4.39 Å². The Morgan fingerprint density at radius 2 is 2.07 bits per heavy atom. The lowest BCUT2D eigenvalue weighted by molar-refractivity contribution is 0.221. The highest BCUT2D eigenvalue weighted by Crippen LogP contribution is 2.24. The molecule has 0 aliphatic rings. The third-order valence-electron chi connectivity index (χ3n) is 2.28. The number of benzene rings is 1. The van der Waals surface area contributed by atoms with Gasteiger partial charge in [-0.1, -0.05) is 24.3 Å². The molecule has 0 heterocycles. The van der Waals surface area contributed by atoms with E-state index in [-0.39, 0.29) is 0 Å². The van der Waals surface area contributed by atoms with Crippen molar-refractivity contribution in [1.29, 1.82) is 0 Å². The molecule has 0 saturated heterocycles. The second kappa shape index (κ2) is 4.56. The summed E-state index contributed by atoms with van der Waals surface area (Å²) >= 11 is 0. The molecule has 2 heteroatoms. The van der Waals surface area contributed by atoms with Gasteiger partial charge in [-0.25, -0.2) is 4.39 Å². The lowest BCUT2D eigenvalue weighted by Gasteiger charge is -2.15. The van der Waals surface area contributed by atoms with E-state index in [2.05, 4.69) is 5.32 Å². The van der Waals surface area contributed by atoms with Crippen molar-refractivity contribution in [2.45, 2.75) is 25.9 Å². The van der Waals surface area contributed by atoms with Crippen LogP contribution in [0.4, 0.5) is 4.39 Å². The fraction of sp³-hybridized carbons (Fsp3) is 0.500. The Hall–Kier alpha value is -0.890. The highest BCUT2D eigenvalue weighted by Gasteiger charge is 2.18. The van der Waals surface area contributed by atoms with Crippen LogP contribution in [-0.2, 0) is 12.1 Å². The molecule has 0 saturated carbocycles. The van der Waals surface area contributed by atoms with Crippen LogP contribution in [0.5, 0.6) is 0 Å². The Morgan fingerprint density at radius 1 is 1.36 bits per heavy atom. The summed E-state index contributed by atoms with van der Waals surface area (Å²) < 4.78 is 13.6. The summed E-state index contributed by atoms with van der Waals surface area (Å²) in [5, 5.41) is 3.08. The highest BCUT2D eigenvalue weighted by molar-refractivity contribution is 5.27. The third-order valence-corrected chi connectivity index (χ3v) is 2.28. The van der Waals surface area contributed by atoms with Gasteiger partial charge in [-0.05, 0) is 45.0 Å². The number of hydrogen-bond donors (Lipinski definition) is 1. The first-order valence-corrected chi connectivity index (χ1v) is 4.97. The van der Waals surface area contributed by atoms with Gasteiger partial charge in [-0.3, -0.25) is 0 Å². The molecule has 1 aromatic carbocycles. The van der Waals surface area contributed by atoms with Gasteiger partial charge in [0.1, 0.15) is 5.67 Å². The van der Waals surface area contributed by atoms with Crippen LogP contribution in [-0.4, -0.2) is 13.6 Å². The van der Waals surface area contributed by atoms with Gasteiger partial charge in [0.15, 0.2) is 0 Å². The predicted octanol–water partition coefficient (Wildman–Crippen LogP) is 2.65.